The molecule has 9 nitrogen and oxygen atoms in total. The summed E-state index contributed by atoms with van der Waals surface area (Å²) in [4.78, 5) is 41.0. The zero-order valence-electron chi connectivity index (χ0n) is 14.4. The first kappa shape index (κ1) is 18.8. The first-order chi connectivity index (χ1) is 11.5. The molecular formula is C15H28N6O3. The maximum Gasteiger partial charge on any atom is 0.252 e. The molecule has 2 bridgehead atoms. The number of aldehydes is 1. The Labute approximate surface area is 142 Å². The highest BCUT2D eigenvalue weighted by molar-refractivity contribution is 5.79. The molecule has 0 saturated carbocycles. The molecule has 0 aliphatic carbocycles. The Morgan fingerprint density at radius 3 is 2.46 bits per heavy atom. The number of carbonyl (C=O) groups excluding carboxylic acids is 3. The molecule has 1 atom stereocenters. The molecule has 0 spiro atoms. The molecule has 0 aromatic rings. The van der Waals surface area contributed by atoms with Gasteiger partial charge < -0.3 is 15.4 Å². The van der Waals surface area contributed by atoms with Gasteiger partial charge in [0.15, 0.2) is 0 Å². The Morgan fingerprint density at radius 1 is 1.12 bits per heavy atom. The Kier molecular flexibility index (Phi) is 7.10. The molecule has 2 aliphatic rings. The van der Waals surface area contributed by atoms with Crippen LogP contribution in [0.2, 0.25) is 0 Å². The predicted octanol–water partition coefficient (Wildman–Crippen LogP) is -2.37. The van der Waals surface area contributed by atoms with Gasteiger partial charge >= 0.3 is 0 Å². The molecule has 9 heteroatoms. The minimum Gasteiger partial charge on any atom is -0.369 e. The van der Waals surface area contributed by atoms with Crippen LogP contribution in [0.5, 0.6) is 0 Å². The van der Waals surface area contributed by atoms with E-state index in [0.29, 0.717) is 26.3 Å². The van der Waals surface area contributed by atoms with Crippen LogP contribution in [0.25, 0.3) is 0 Å². The van der Waals surface area contributed by atoms with Crippen molar-refractivity contribution in [1.29, 1.82) is 0 Å². The van der Waals surface area contributed by atoms with E-state index in [4.69, 9.17) is 5.73 Å². The minimum absolute atomic E-state index is 0.0144. The summed E-state index contributed by atoms with van der Waals surface area (Å²) in [7, 11) is 0. The highest BCUT2D eigenvalue weighted by Crippen LogP contribution is 2.11. The van der Waals surface area contributed by atoms with E-state index >= 15 is 0 Å². The molecule has 0 aromatic carbocycles. The molecule has 0 radical (unpaired) electrons. The summed E-state index contributed by atoms with van der Waals surface area (Å²) < 4.78 is 0. The molecule has 2 fully saturated rings. The number of likely N-dealkylation sites (N-methyl/N-ethyl adjacent to an activating group) is 1. The molecule has 2 aliphatic heterocycles. The van der Waals surface area contributed by atoms with Gasteiger partial charge in [0.1, 0.15) is 6.29 Å². The molecular weight excluding hydrogens is 312 g/mol. The standard InChI is InChI=1S/C15H28N6O3/c1-2-17-3-5-18(11-14(16)23)7-8-20(9-10-22)21-13-19(6-4-17)12-15(21)24/h10H,2-9,11-13H2,1H3,(H2,16,23). The summed E-state index contributed by atoms with van der Waals surface area (Å²) in [6.45, 7) is 8.65. The van der Waals surface area contributed by atoms with Crippen molar-refractivity contribution >= 4 is 18.1 Å². The van der Waals surface area contributed by atoms with E-state index in [1.165, 1.54) is 0 Å². The van der Waals surface area contributed by atoms with Crippen LogP contribution in [-0.4, -0.2) is 115 Å². The average Bonchev–Trinajstić information content (AvgIpc) is 2.90. The third-order valence-electron chi connectivity index (χ3n) is 4.57. The van der Waals surface area contributed by atoms with E-state index in [1.807, 2.05) is 4.90 Å². The van der Waals surface area contributed by atoms with Crippen molar-refractivity contribution in [1.82, 2.24) is 24.7 Å². The van der Waals surface area contributed by atoms with E-state index in [2.05, 4.69) is 16.7 Å². The van der Waals surface area contributed by atoms with Crippen molar-refractivity contribution < 1.29 is 14.4 Å². The summed E-state index contributed by atoms with van der Waals surface area (Å²) >= 11 is 0. The Morgan fingerprint density at radius 2 is 1.79 bits per heavy atom. The van der Waals surface area contributed by atoms with Crippen LogP contribution >= 0.6 is 0 Å². The normalized spacial score (nSPS) is 25.3. The number of primary amides is 1. The van der Waals surface area contributed by atoms with Crippen LogP contribution in [-0.2, 0) is 14.4 Å². The molecule has 2 rings (SSSR count). The molecule has 2 saturated heterocycles. The Bertz CT molecular complexity index is 460. The lowest BCUT2D eigenvalue weighted by Gasteiger charge is -2.34. The van der Waals surface area contributed by atoms with Crippen LogP contribution in [0.3, 0.4) is 0 Å². The fourth-order valence-electron chi connectivity index (χ4n) is 3.13. The molecule has 0 aromatic heterocycles. The van der Waals surface area contributed by atoms with Crippen LogP contribution in [0.15, 0.2) is 0 Å². The van der Waals surface area contributed by atoms with Crippen molar-refractivity contribution in [3.63, 3.8) is 0 Å². The third-order valence-corrected chi connectivity index (χ3v) is 4.57. The van der Waals surface area contributed by atoms with Crippen molar-refractivity contribution in [2.75, 3.05) is 72.1 Å². The maximum atomic E-state index is 12.3. The van der Waals surface area contributed by atoms with E-state index < -0.39 is 0 Å². The highest BCUT2D eigenvalue weighted by atomic mass is 16.2. The topological polar surface area (TPSA) is 93.4 Å². The smallest absolute Gasteiger partial charge is 0.252 e. The predicted molar refractivity (Wildman–Crippen MR) is 88.7 cm³/mol. The Hall–Kier alpha value is -1.55. The maximum absolute atomic E-state index is 12.3. The van der Waals surface area contributed by atoms with Gasteiger partial charge in [-0.1, -0.05) is 6.92 Å². The average molecular weight is 340 g/mol. The van der Waals surface area contributed by atoms with Crippen LogP contribution in [0, 0.1) is 0 Å². The second kappa shape index (κ2) is 9.07. The first-order valence-electron chi connectivity index (χ1n) is 8.47. The zero-order valence-corrected chi connectivity index (χ0v) is 14.4. The van der Waals surface area contributed by atoms with Crippen molar-refractivity contribution in [3.05, 3.63) is 0 Å². The summed E-state index contributed by atoms with van der Waals surface area (Å²) in [5, 5.41) is 3.41. The molecule has 2 N–H and O–H groups in total. The van der Waals surface area contributed by atoms with Gasteiger partial charge in [-0.05, 0) is 6.54 Å². The summed E-state index contributed by atoms with van der Waals surface area (Å²) in [6.07, 6.45) is 0.805. The number of nitrogens with two attached hydrogens (primary N) is 1. The molecule has 1 unspecified atom stereocenters. The number of rotatable bonds is 5. The lowest BCUT2D eigenvalue weighted by atomic mass is 10.3. The first-order valence-corrected chi connectivity index (χ1v) is 8.47. The van der Waals surface area contributed by atoms with Gasteiger partial charge in [-0.25, -0.2) is 5.01 Å². The van der Waals surface area contributed by atoms with E-state index in [9.17, 15) is 14.4 Å². The van der Waals surface area contributed by atoms with Gasteiger partial charge in [-0.15, -0.1) is 0 Å². The summed E-state index contributed by atoms with van der Waals surface area (Å²) in [5.74, 6) is -0.351. The lowest BCUT2D eigenvalue weighted by Crippen LogP contribution is -2.51. The number of nitrogens with zero attached hydrogens (tertiary/aromatic N) is 5. The second-order valence-electron chi connectivity index (χ2n) is 6.24. The largest absolute Gasteiger partial charge is 0.369 e. The van der Waals surface area contributed by atoms with Gasteiger partial charge in [0.2, 0.25) is 5.91 Å². The van der Waals surface area contributed by atoms with E-state index in [0.717, 1.165) is 39.0 Å². The van der Waals surface area contributed by atoms with E-state index in [-0.39, 0.29) is 24.9 Å². The second-order valence-corrected chi connectivity index (χ2v) is 6.24. The number of hydrazine groups is 1. The Balaban J connectivity index is 2.11. The van der Waals surface area contributed by atoms with Gasteiger partial charge in [-0.3, -0.25) is 24.4 Å². The molecule has 136 valence electrons. The van der Waals surface area contributed by atoms with Gasteiger partial charge in [0.05, 0.1) is 26.3 Å². The molecule has 2 heterocycles. The fourth-order valence-corrected chi connectivity index (χ4v) is 3.13. The number of hydrogen-bond donors (Lipinski definition) is 1. The number of carbonyl (C=O) groups is 3. The van der Waals surface area contributed by atoms with Crippen LogP contribution < -0.4 is 5.73 Å². The number of fused-ring (bicyclic) bond motifs is 2. The van der Waals surface area contributed by atoms with Crippen molar-refractivity contribution in [2.45, 2.75) is 6.92 Å². The highest BCUT2D eigenvalue weighted by Gasteiger charge is 2.32. The van der Waals surface area contributed by atoms with Gasteiger partial charge in [0, 0.05) is 39.3 Å². The van der Waals surface area contributed by atoms with Crippen LogP contribution in [0.1, 0.15) is 6.92 Å². The zero-order chi connectivity index (χ0) is 17.5. The number of hydrogen-bond acceptors (Lipinski definition) is 7. The van der Waals surface area contributed by atoms with Crippen molar-refractivity contribution in [2.24, 2.45) is 5.73 Å². The SMILES string of the molecule is CCN1CCN(CC(N)=O)CCN(CC=O)N2CN(CC1)CC2=O. The third kappa shape index (κ3) is 5.23. The summed E-state index contributed by atoms with van der Waals surface area (Å²) in [5.41, 5.74) is 5.35. The minimum atomic E-state index is -0.365. The van der Waals surface area contributed by atoms with Crippen LogP contribution in [0.4, 0.5) is 0 Å². The van der Waals surface area contributed by atoms with Gasteiger partial charge in [-0.2, -0.15) is 0 Å². The lowest BCUT2D eigenvalue weighted by molar-refractivity contribution is -0.144. The van der Waals surface area contributed by atoms with Crippen molar-refractivity contribution in [3.8, 4) is 0 Å². The summed E-state index contributed by atoms with van der Waals surface area (Å²) in [6, 6.07) is 0. The molecule has 2 amide bonds. The molecule has 24 heavy (non-hydrogen) atoms. The number of amides is 2. The fraction of sp³-hybridized carbons (Fsp3) is 0.800. The van der Waals surface area contributed by atoms with E-state index in [1.54, 1.807) is 10.0 Å². The van der Waals surface area contributed by atoms with Gasteiger partial charge in [0.25, 0.3) is 5.91 Å². The quantitative estimate of drug-likeness (QED) is 0.559. The monoisotopic (exact) mass is 340 g/mol.